The van der Waals surface area contributed by atoms with E-state index in [4.69, 9.17) is 9.47 Å². The Kier molecular flexibility index (Phi) is 10.1. The first-order valence-corrected chi connectivity index (χ1v) is 11.6. The molecule has 2 amide bonds. The molecule has 0 saturated heterocycles. The van der Waals surface area contributed by atoms with Crippen LogP contribution in [0.1, 0.15) is 52.6 Å². The Labute approximate surface area is 197 Å². The average Bonchev–Trinajstić information content (AvgIpc) is 3.24. The molecule has 0 unspecified atom stereocenters. The summed E-state index contributed by atoms with van der Waals surface area (Å²) < 4.78 is 10.6. The van der Waals surface area contributed by atoms with Crippen molar-refractivity contribution in [2.45, 2.75) is 40.2 Å². The zero-order valence-electron chi connectivity index (χ0n) is 19.3. The first-order chi connectivity index (χ1) is 15.7. The van der Waals surface area contributed by atoms with Crippen molar-refractivity contribution in [3.8, 4) is 5.75 Å². The van der Waals surface area contributed by atoms with Crippen molar-refractivity contribution >= 4 is 34.9 Å². The minimum absolute atomic E-state index is 0.107. The second kappa shape index (κ2) is 12.7. The Bertz CT molecular complexity index is 968. The van der Waals surface area contributed by atoms with Crippen molar-refractivity contribution in [3.05, 3.63) is 51.7 Å². The number of carbonyl (C=O) groups excluding carboxylic acids is 4. The molecule has 0 saturated carbocycles. The molecule has 1 aromatic carbocycles. The smallest absolute Gasteiger partial charge is 0.329 e. The third-order valence-corrected chi connectivity index (χ3v) is 5.85. The summed E-state index contributed by atoms with van der Waals surface area (Å²) in [5, 5.41) is 5.39. The zero-order chi connectivity index (χ0) is 24.4. The number of nitrogens with one attached hydrogen (secondary N) is 2. The summed E-state index contributed by atoms with van der Waals surface area (Å²) in [5.74, 6) is -1.09. The summed E-state index contributed by atoms with van der Waals surface area (Å²) in [7, 11) is 0. The highest BCUT2D eigenvalue weighted by Crippen LogP contribution is 2.18. The number of Topliss-reactive ketones (excluding diaryl/α,β-unsaturated/α-hetero) is 1. The van der Waals surface area contributed by atoms with E-state index < -0.39 is 24.5 Å². The fourth-order valence-corrected chi connectivity index (χ4v) is 3.84. The van der Waals surface area contributed by atoms with E-state index in [1.807, 2.05) is 13.0 Å². The third kappa shape index (κ3) is 8.34. The van der Waals surface area contributed by atoms with Crippen LogP contribution in [0.15, 0.2) is 36.4 Å². The predicted octanol–water partition coefficient (Wildman–Crippen LogP) is 3.01. The molecule has 1 aromatic heterocycles. The number of ketones is 1. The number of carbonyl (C=O) groups is 4. The van der Waals surface area contributed by atoms with Crippen LogP contribution in [0.3, 0.4) is 0 Å². The third-order valence-electron chi connectivity index (χ3n) is 4.66. The van der Waals surface area contributed by atoms with E-state index in [0.29, 0.717) is 35.8 Å². The summed E-state index contributed by atoms with van der Waals surface area (Å²) in [4.78, 5) is 50.0. The Hall–Kier alpha value is -3.20. The molecule has 0 spiro atoms. The van der Waals surface area contributed by atoms with Gasteiger partial charge in [-0.3, -0.25) is 14.4 Å². The van der Waals surface area contributed by atoms with Gasteiger partial charge in [0.05, 0.1) is 11.5 Å². The quantitative estimate of drug-likeness (QED) is 0.361. The van der Waals surface area contributed by atoms with E-state index >= 15 is 0 Å². The summed E-state index contributed by atoms with van der Waals surface area (Å²) in [5.41, 5.74) is 0.387. The van der Waals surface area contributed by atoms with Crippen LogP contribution in [0.2, 0.25) is 0 Å². The second-order valence-electron chi connectivity index (χ2n) is 7.68. The highest BCUT2D eigenvalue weighted by atomic mass is 32.1. The molecule has 2 aromatic rings. The van der Waals surface area contributed by atoms with Crippen molar-refractivity contribution in [3.63, 3.8) is 0 Å². The number of esters is 1. The molecule has 0 fully saturated rings. The molecule has 2 rings (SSSR count). The highest BCUT2D eigenvalue weighted by Gasteiger charge is 2.27. The maximum atomic E-state index is 12.6. The van der Waals surface area contributed by atoms with Crippen LogP contribution in [-0.4, -0.2) is 49.4 Å². The van der Waals surface area contributed by atoms with E-state index in [2.05, 4.69) is 10.6 Å². The minimum atomic E-state index is -0.895. The van der Waals surface area contributed by atoms with Crippen LogP contribution in [0.25, 0.3) is 0 Å². The number of thiophene rings is 1. The Morgan fingerprint density at radius 3 is 2.33 bits per heavy atom. The van der Waals surface area contributed by atoms with Crippen molar-refractivity contribution in [1.29, 1.82) is 0 Å². The van der Waals surface area contributed by atoms with Crippen molar-refractivity contribution in [2.75, 3.05) is 19.8 Å². The molecule has 0 aliphatic rings. The van der Waals surface area contributed by atoms with E-state index in [0.717, 1.165) is 4.88 Å². The fraction of sp³-hybridized carbons (Fsp3) is 0.417. The molecular weight excluding hydrogens is 444 g/mol. The molecule has 1 atom stereocenters. The molecule has 0 radical (unpaired) electrons. The topological polar surface area (TPSA) is 111 Å². The van der Waals surface area contributed by atoms with Crippen LogP contribution >= 0.6 is 11.3 Å². The SMILES string of the molecule is CCOc1ccc(C(=O)N[C@H](C(=O)OCC(=O)c2ccc(CCNC(C)=O)s2)C(C)C)cc1. The van der Waals surface area contributed by atoms with E-state index in [1.54, 1.807) is 44.2 Å². The van der Waals surface area contributed by atoms with Crippen LogP contribution in [-0.2, 0) is 20.7 Å². The van der Waals surface area contributed by atoms with Crippen LogP contribution in [0, 0.1) is 5.92 Å². The molecule has 178 valence electrons. The monoisotopic (exact) mass is 474 g/mol. The van der Waals surface area contributed by atoms with Gasteiger partial charge in [0.2, 0.25) is 11.7 Å². The molecular formula is C24H30N2O6S. The predicted molar refractivity (Wildman–Crippen MR) is 126 cm³/mol. The average molecular weight is 475 g/mol. The Balaban J connectivity index is 1.90. The normalized spacial score (nSPS) is 11.5. The van der Waals surface area contributed by atoms with Gasteiger partial charge in [-0.1, -0.05) is 13.8 Å². The van der Waals surface area contributed by atoms with Crippen molar-refractivity contribution < 1.29 is 28.7 Å². The van der Waals surface area contributed by atoms with E-state index in [-0.39, 0.29) is 17.6 Å². The number of hydrogen-bond donors (Lipinski definition) is 2. The lowest BCUT2D eigenvalue weighted by atomic mass is 10.0. The van der Waals surface area contributed by atoms with Gasteiger partial charge < -0.3 is 20.1 Å². The molecule has 1 heterocycles. The van der Waals surface area contributed by atoms with Gasteiger partial charge in [-0.05, 0) is 55.7 Å². The number of amides is 2. The van der Waals surface area contributed by atoms with Crippen molar-refractivity contribution in [2.24, 2.45) is 5.92 Å². The lowest BCUT2D eigenvalue weighted by molar-refractivity contribution is -0.146. The molecule has 0 aliphatic carbocycles. The maximum Gasteiger partial charge on any atom is 0.329 e. The molecule has 2 N–H and O–H groups in total. The van der Waals surface area contributed by atoms with Crippen molar-refractivity contribution in [1.82, 2.24) is 10.6 Å². The van der Waals surface area contributed by atoms with Gasteiger partial charge in [-0.25, -0.2) is 4.79 Å². The van der Waals surface area contributed by atoms with Gasteiger partial charge in [0.1, 0.15) is 11.8 Å². The number of benzene rings is 1. The highest BCUT2D eigenvalue weighted by molar-refractivity contribution is 7.14. The van der Waals surface area contributed by atoms with Crippen LogP contribution in [0.4, 0.5) is 0 Å². The van der Waals surface area contributed by atoms with Gasteiger partial charge >= 0.3 is 5.97 Å². The number of rotatable bonds is 12. The number of hydrogen-bond acceptors (Lipinski definition) is 7. The maximum absolute atomic E-state index is 12.6. The lowest BCUT2D eigenvalue weighted by Crippen LogP contribution is -2.45. The van der Waals surface area contributed by atoms with Crippen LogP contribution in [0.5, 0.6) is 5.75 Å². The Morgan fingerprint density at radius 2 is 1.73 bits per heavy atom. The lowest BCUT2D eigenvalue weighted by Gasteiger charge is -2.20. The minimum Gasteiger partial charge on any atom is -0.494 e. The molecule has 0 aliphatic heterocycles. The summed E-state index contributed by atoms with van der Waals surface area (Å²) in [6, 6.07) is 9.21. The van der Waals surface area contributed by atoms with Gasteiger partial charge in [0.25, 0.3) is 5.91 Å². The summed E-state index contributed by atoms with van der Waals surface area (Å²) >= 11 is 1.30. The molecule has 8 nitrogen and oxygen atoms in total. The Morgan fingerprint density at radius 1 is 1.03 bits per heavy atom. The van der Waals surface area contributed by atoms with Crippen LogP contribution < -0.4 is 15.4 Å². The fourth-order valence-electron chi connectivity index (χ4n) is 2.91. The molecule has 33 heavy (non-hydrogen) atoms. The van der Waals surface area contributed by atoms with E-state index in [9.17, 15) is 19.2 Å². The molecule has 0 bridgehead atoms. The standard InChI is InChI=1S/C24H30N2O6S/c1-5-31-18-8-6-17(7-9-18)23(29)26-22(15(2)3)24(30)32-14-20(28)21-11-10-19(33-21)12-13-25-16(4)27/h6-11,15,22H,5,12-14H2,1-4H3,(H,25,27)(H,26,29)/t22-/m0/s1. The summed E-state index contributed by atoms with van der Waals surface area (Å²) in [6.45, 7) is 7.49. The first-order valence-electron chi connectivity index (χ1n) is 10.8. The van der Waals surface area contributed by atoms with Gasteiger partial charge in [-0.15, -0.1) is 11.3 Å². The summed E-state index contributed by atoms with van der Waals surface area (Å²) in [6.07, 6.45) is 0.615. The van der Waals surface area contributed by atoms with Gasteiger partial charge in [0.15, 0.2) is 6.61 Å². The van der Waals surface area contributed by atoms with Gasteiger partial charge in [-0.2, -0.15) is 0 Å². The number of ether oxygens (including phenoxy) is 2. The largest absolute Gasteiger partial charge is 0.494 e. The van der Waals surface area contributed by atoms with Gasteiger partial charge in [0, 0.05) is 23.9 Å². The first kappa shape index (κ1) is 26.1. The second-order valence-corrected chi connectivity index (χ2v) is 8.85. The zero-order valence-corrected chi connectivity index (χ0v) is 20.1. The molecule has 9 heteroatoms. The van der Waals surface area contributed by atoms with E-state index in [1.165, 1.54) is 18.3 Å².